The van der Waals surface area contributed by atoms with Gasteiger partial charge in [0.05, 0.1) is 17.1 Å². The van der Waals surface area contributed by atoms with Crippen molar-refractivity contribution in [2.45, 2.75) is 50.6 Å². The summed E-state index contributed by atoms with van der Waals surface area (Å²) in [5, 5.41) is 3.06. The van der Waals surface area contributed by atoms with Crippen molar-refractivity contribution in [1.29, 1.82) is 0 Å². The van der Waals surface area contributed by atoms with E-state index in [2.05, 4.69) is 48.3 Å². The molecule has 0 radical (unpaired) electrons. The van der Waals surface area contributed by atoms with E-state index in [-0.39, 0.29) is 11.8 Å². The number of likely N-dealkylation sites (tertiary alicyclic amines) is 1. The van der Waals surface area contributed by atoms with Gasteiger partial charge in [-0.2, -0.15) is 0 Å². The number of para-hydroxylation sites is 1. The van der Waals surface area contributed by atoms with E-state index in [9.17, 15) is 9.59 Å². The molecule has 2 amide bonds. The molecule has 1 N–H and O–H groups in total. The molecule has 196 valence electrons. The van der Waals surface area contributed by atoms with E-state index >= 15 is 0 Å². The first-order valence-corrected chi connectivity index (χ1v) is 14.3. The van der Waals surface area contributed by atoms with Gasteiger partial charge in [-0.3, -0.25) is 14.5 Å². The van der Waals surface area contributed by atoms with Gasteiger partial charge in [0.15, 0.2) is 0 Å². The zero-order valence-electron chi connectivity index (χ0n) is 22.2. The lowest BCUT2D eigenvalue weighted by Gasteiger charge is -2.33. The van der Waals surface area contributed by atoms with Crippen LogP contribution in [-0.4, -0.2) is 42.4 Å². The molecule has 1 saturated heterocycles. The Kier molecular flexibility index (Phi) is 8.30. The van der Waals surface area contributed by atoms with E-state index in [0.29, 0.717) is 29.6 Å². The van der Waals surface area contributed by atoms with Gasteiger partial charge in [0.2, 0.25) is 0 Å². The van der Waals surface area contributed by atoms with E-state index in [4.69, 9.17) is 0 Å². The fraction of sp³-hybridized carbons (Fsp3) is 0.312. The molecule has 1 unspecified atom stereocenters. The number of benzene rings is 3. The largest absolute Gasteiger partial charge is 0.351 e. The maximum Gasteiger partial charge on any atom is 0.265 e. The Morgan fingerprint density at radius 1 is 1.05 bits per heavy atom. The van der Waals surface area contributed by atoms with Gasteiger partial charge in [-0.1, -0.05) is 72.3 Å². The summed E-state index contributed by atoms with van der Waals surface area (Å²) in [6.07, 6.45) is 5.70. The van der Waals surface area contributed by atoms with Crippen LogP contribution in [0, 0.1) is 6.92 Å². The number of nitrogens with one attached hydrogen (secondary N) is 1. The number of carbonyl (C=O) groups is 2. The molecule has 0 saturated carbocycles. The number of aryl methyl sites for hydroxylation is 1. The maximum atomic E-state index is 13.6. The second kappa shape index (κ2) is 12.0. The molecule has 0 aromatic heterocycles. The molecule has 0 bridgehead atoms. The second-order valence-corrected chi connectivity index (χ2v) is 11.3. The first kappa shape index (κ1) is 26.3. The fourth-order valence-electron chi connectivity index (χ4n) is 5.20. The van der Waals surface area contributed by atoms with Crippen LogP contribution in [0.1, 0.15) is 53.2 Å². The van der Waals surface area contributed by atoms with Crippen molar-refractivity contribution in [2.24, 2.45) is 0 Å². The summed E-state index contributed by atoms with van der Waals surface area (Å²) in [6, 6.07) is 24.4. The molecular weight excluding hydrogens is 490 g/mol. The minimum atomic E-state index is -0.0600. The van der Waals surface area contributed by atoms with Crippen molar-refractivity contribution in [3.05, 3.63) is 100.0 Å². The average molecular weight is 526 g/mol. The third kappa shape index (κ3) is 6.20. The highest BCUT2D eigenvalue weighted by Gasteiger charge is 2.29. The lowest BCUT2D eigenvalue weighted by Crippen LogP contribution is -2.42. The standard InChI is InChI=1S/C32H35N3O2S/c1-23-8-7-10-26(20-23)22-35-28-11-3-4-12-29(28)38-30(32(35)37)21-25-13-15-27(16-14-25)31(36)33-17-19-34-18-6-5-9-24(34)2/h3-4,7-8,10-16,20-21,24H,5-6,9,17-19,22H2,1-2H3,(H,33,36)/b30-21+. The number of thioether (sulfide) groups is 1. The number of amides is 2. The number of carbonyl (C=O) groups excluding carboxylic acids is 2. The Hall–Kier alpha value is -3.35. The molecule has 3 aromatic rings. The Labute approximate surface area is 229 Å². The van der Waals surface area contributed by atoms with Crippen molar-refractivity contribution >= 4 is 35.3 Å². The van der Waals surface area contributed by atoms with Crippen molar-refractivity contribution in [1.82, 2.24) is 10.2 Å². The van der Waals surface area contributed by atoms with Crippen LogP contribution >= 0.6 is 11.8 Å². The van der Waals surface area contributed by atoms with Gasteiger partial charge in [-0.15, -0.1) is 0 Å². The maximum absolute atomic E-state index is 13.6. The van der Waals surface area contributed by atoms with E-state index in [1.807, 2.05) is 59.5 Å². The van der Waals surface area contributed by atoms with Gasteiger partial charge in [-0.05, 0) is 74.7 Å². The van der Waals surface area contributed by atoms with Crippen LogP contribution in [0.5, 0.6) is 0 Å². The summed E-state index contributed by atoms with van der Waals surface area (Å²) in [6.45, 7) is 7.50. The topological polar surface area (TPSA) is 52.7 Å². The van der Waals surface area contributed by atoms with Crippen LogP contribution in [0.25, 0.3) is 6.08 Å². The molecule has 0 aliphatic carbocycles. The quantitative estimate of drug-likeness (QED) is 0.369. The molecule has 38 heavy (non-hydrogen) atoms. The highest BCUT2D eigenvalue weighted by Crippen LogP contribution is 2.42. The first-order chi connectivity index (χ1) is 18.5. The summed E-state index contributed by atoms with van der Waals surface area (Å²) in [5.41, 5.74) is 4.74. The predicted molar refractivity (Wildman–Crippen MR) is 156 cm³/mol. The molecule has 6 heteroatoms. The number of rotatable bonds is 7. The summed E-state index contributed by atoms with van der Waals surface area (Å²) in [5.74, 6) is -0.0702. The zero-order chi connectivity index (χ0) is 26.5. The van der Waals surface area contributed by atoms with Crippen molar-refractivity contribution in [2.75, 3.05) is 24.5 Å². The van der Waals surface area contributed by atoms with Gasteiger partial charge >= 0.3 is 0 Å². The molecular formula is C32H35N3O2S. The van der Waals surface area contributed by atoms with E-state index < -0.39 is 0 Å². The van der Waals surface area contributed by atoms with E-state index in [1.54, 1.807) is 0 Å². The third-order valence-corrected chi connectivity index (χ3v) is 8.43. The summed E-state index contributed by atoms with van der Waals surface area (Å²) in [4.78, 5) is 32.3. The van der Waals surface area contributed by atoms with Crippen LogP contribution in [0.3, 0.4) is 0 Å². The minimum Gasteiger partial charge on any atom is -0.351 e. The minimum absolute atomic E-state index is 0.0102. The first-order valence-electron chi connectivity index (χ1n) is 13.5. The van der Waals surface area contributed by atoms with Crippen molar-refractivity contribution in [3.8, 4) is 0 Å². The fourth-order valence-corrected chi connectivity index (χ4v) is 6.26. The van der Waals surface area contributed by atoms with Crippen LogP contribution in [-0.2, 0) is 11.3 Å². The summed E-state index contributed by atoms with van der Waals surface area (Å²) >= 11 is 1.50. The van der Waals surface area contributed by atoms with E-state index in [0.717, 1.165) is 34.8 Å². The second-order valence-electron chi connectivity index (χ2n) is 10.2. The van der Waals surface area contributed by atoms with Gasteiger partial charge < -0.3 is 10.2 Å². The SMILES string of the molecule is Cc1cccc(CN2C(=O)/C(=C\c3ccc(C(=O)NCCN4CCCCC4C)cc3)Sc3ccccc32)c1. The third-order valence-electron chi connectivity index (χ3n) is 7.35. The number of nitrogens with zero attached hydrogens (tertiary/aromatic N) is 2. The highest BCUT2D eigenvalue weighted by atomic mass is 32.2. The zero-order valence-corrected chi connectivity index (χ0v) is 23.0. The van der Waals surface area contributed by atoms with Crippen LogP contribution in [0.4, 0.5) is 5.69 Å². The van der Waals surface area contributed by atoms with Crippen LogP contribution in [0.2, 0.25) is 0 Å². The Bertz CT molecular complexity index is 1330. The molecule has 3 aromatic carbocycles. The molecule has 2 aliphatic heterocycles. The molecule has 5 nitrogen and oxygen atoms in total. The predicted octanol–water partition coefficient (Wildman–Crippen LogP) is 6.28. The number of anilines is 1. The van der Waals surface area contributed by atoms with Gasteiger partial charge in [0, 0.05) is 29.6 Å². The molecule has 1 fully saturated rings. The normalized spacial score (nSPS) is 18.9. The lowest BCUT2D eigenvalue weighted by molar-refractivity contribution is -0.114. The lowest BCUT2D eigenvalue weighted by atomic mass is 10.0. The number of piperidine rings is 1. The van der Waals surface area contributed by atoms with Crippen molar-refractivity contribution < 1.29 is 9.59 Å². The summed E-state index contributed by atoms with van der Waals surface area (Å²) in [7, 11) is 0. The van der Waals surface area contributed by atoms with Gasteiger partial charge in [0.25, 0.3) is 11.8 Å². The van der Waals surface area contributed by atoms with Gasteiger partial charge in [-0.25, -0.2) is 0 Å². The number of fused-ring (bicyclic) bond motifs is 1. The Morgan fingerprint density at radius 2 is 1.87 bits per heavy atom. The highest BCUT2D eigenvalue weighted by molar-refractivity contribution is 8.04. The van der Waals surface area contributed by atoms with E-state index in [1.165, 1.54) is 36.6 Å². The monoisotopic (exact) mass is 525 g/mol. The molecule has 0 spiro atoms. The molecule has 1 atom stereocenters. The average Bonchev–Trinajstić information content (AvgIpc) is 2.92. The molecule has 2 aliphatic rings. The number of hydrogen-bond donors (Lipinski definition) is 1. The smallest absolute Gasteiger partial charge is 0.265 e. The van der Waals surface area contributed by atoms with Gasteiger partial charge in [0.1, 0.15) is 0 Å². The molecule has 5 rings (SSSR count). The molecule has 2 heterocycles. The summed E-state index contributed by atoms with van der Waals surface area (Å²) < 4.78 is 0. The van der Waals surface area contributed by atoms with Crippen molar-refractivity contribution in [3.63, 3.8) is 0 Å². The van der Waals surface area contributed by atoms with Crippen LogP contribution in [0.15, 0.2) is 82.6 Å². The van der Waals surface area contributed by atoms with Crippen LogP contribution < -0.4 is 10.2 Å². The Morgan fingerprint density at radius 3 is 2.66 bits per heavy atom. The Balaban J connectivity index is 1.27. The number of hydrogen-bond acceptors (Lipinski definition) is 4.